The number of hydrogen-bond acceptors (Lipinski definition) is 4. The van der Waals surface area contributed by atoms with E-state index in [2.05, 4.69) is 10.3 Å². The first-order valence-electron chi connectivity index (χ1n) is 6.83. The van der Waals surface area contributed by atoms with Gasteiger partial charge in [0.2, 0.25) is 0 Å². The molecular weight excluding hydrogens is 284 g/mol. The Bertz CT molecular complexity index is 879. The van der Waals surface area contributed by atoms with Crippen molar-refractivity contribution in [2.45, 2.75) is 6.92 Å². The number of hydrogen-bond donors (Lipinski definition) is 2. The van der Waals surface area contributed by atoms with Crippen molar-refractivity contribution < 1.29 is 13.9 Å². The third kappa shape index (κ3) is 2.71. The van der Waals surface area contributed by atoms with Gasteiger partial charge in [-0.25, -0.2) is 4.79 Å². The average Bonchev–Trinajstić information content (AvgIpc) is 2.89. The number of aromatic nitrogens is 1. The van der Waals surface area contributed by atoms with Crippen molar-refractivity contribution in [1.82, 2.24) is 4.98 Å². The lowest BCUT2D eigenvalue weighted by Crippen LogP contribution is -2.12. The lowest BCUT2D eigenvalue weighted by molar-refractivity contribution is 0.102. The minimum absolute atomic E-state index is 0.295. The molecule has 3 rings (SSSR count). The maximum atomic E-state index is 12.3. The van der Waals surface area contributed by atoms with Gasteiger partial charge in [-0.1, -0.05) is 12.1 Å². The number of carbonyl (C=O) groups is 1. The molecular formula is C16H14N2O4. The monoisotopic (exact) mass is 298 g/mol. The summed E-state index contributed by atoms with van der Waals surface area (Å²) in [5.74, 6) is -0.226. The first kappa shape index (κ1) is 13.9. The summed E-state index contributed by atoms with van der Waals surface area (Å²) < 4.78 is 10.3. The number of para-hydroxylation sites is 1. The van der Waals surface area contributed by atoms with Crippen molar-refractivity contribution in [1.29, 1.82) is 0 Å². The van der Waals surface area contributed by atoms with E-state index < -0.39 is 5.76 Å². The van der Waals surface area contributed by atoms with Crippen LogP contribution >= 0.6 is 0 Å². The maximum absolute atomic E-state index is 12.3. The Labute approximate surface area is 125 Å². The molecule has 0 saturated carbocycles. The molecule has 22 heavy (non-hydrogen) atoms. The lowest BCUT2D eigenvalue weighted by atomic mass is 10.2. The second-order valence-electron chi connectivity index (χ2n) is 4.61. The molecule has 1 aromatic heterocycles. The molecule has 0 aliphatic rings. The van der Waals surface area contributed by atoms with Gasteiger partial charge in [0.25, 0.3) is 5.91 Å². The molecule has 2 N–H and O–H groups in total. The van der Waals surface area contributed by atoms with Gasteiger partial charge in [-0.05, 0) is 37.3 Å². The maximum Gasteiger partial charge on any atom is 0.417 e. The van der Waals surface area contributed by atoms with Crippen LogP contribution in [0.2, 0.25) is 0 Å². The van der Waals surface area contributed by atoms with Crippen LogP contribution in [0.25, 0.3) is 11.1 Å². The zero-order valence-electron chi connectivity index (χ0n) is 11.9. The van der Waals surface area contributed by atoms with Crippen LogP contribution in [0.3, 0.4) is 0 Å². The number of aromatic amines is 1. The van der Waals surface area contributed by atoms with E-state index in [1.54, 1.807) is 42.5 Å². The first-order valence-corrected chi connectivity index (χ1v) is 6.83. The summed E-state index contributed by atoms with van der Waals surface area (Å²) in [6, 6.07) is 11.9. The van der Waals surface area contributed by atoms with Crippen LogP contribution in [0.5, 0.6) is 5.75 Å². The van der Waals surface area contributed by atoms with Gasteiger partial charge >= 0.3 is 5.76 Å². The third-order valence-electron chi connectivity index (χ3n) is 3.11. The van der Waals surface area contributed by atoms with Crippen molar-refractivity contribution in [3.8, 4) is 5.75 Å². The van der Waals surface area contributed by atoms with Gasteiger partial charge in [0, 0.05) is 5.56 Å². The highest BCUT2D eigenvalue weighted by atomic mass is 16.5. The topological polar surface area (TPSA) is 84.3 Å². The highest BCUT2D eigenvalue weighted by Gasteiger charge is 2.11. The summed E-state index contributed by atoms with van der Waals surface area (Å²) >= 11 is 0. The molecule has 0 atom stereocenters. The molecule has 0 spiro atoms. The minimum atomic E-state index is -0.560. The van der Waals surface area contributed by atoms with Gasteiger partial charge in [0.05, 0.1) is 12.3 Å². The molecule has 1 heterocycles. The molecule has 0 aliphatic carbocycles. The summed E-state index contributed by atoms with van der Waals surface area (Å²) in [4.78, 5) is 26.1. The van der Waals surface area contributed by atoms with E-state index >= 15 is 0 Å². The van der Waals surface area contributed by atoms with Crippen LogP contribution in [0.1, 0.15) is 17.3 Å². The summed E-state index contributed by atoms with van der Waals surface area (Å²) in [5, 5.41) is 2.76. The quantitative estimate of drug-likeness (QED) is 0.775. The Hall–Kier alpha value is -3.02. The Morgan fingerprint density at radius 3 is 2.91 bits per heavy atom. The second-order valence-corrected chi connectivity index (χ2v) is 4.61. The second kappa shape index (κ2) is 5.77. The van der Waals surface area contributed by atoms with E-state index in [1.807, 2.05) is 6.92 Å². The van der Waals surface area contributed by atoms with Crippen LogP contribution in [0.15, 0.2) is 51.7 Å². The van der Waals surface area contributed by atoms with Gasteiger partial charge in [-0.15, -0.1) is 0 Å². The SMILES string of the molecule is CCOc1cccc(C(=O)Nc2cccc3oc(=O)[nH]c23)c1. The number of amides is 1. The standard InChI is InChI=1S/C16H14N2O4/c1-2-21-11-6-3-5-10(9-11)15(19)17-12-7-4-8-13-14(12)18-16(20)22-13/h3-9H,2H2,1H3,(H,17,19)(H,18,20). The van der Waals surface area contributed by atoms with Gasteiger partial charge in [-0.3, -0.25) is 9.78 Å². The van der Waals surface area contributed by atoms with E-state index in [0.717, 1.165) is 0 Å². The number of nitrogens with one attached hydrogen (secondary N) is 2. The molecule has 0 aliphatic heterocycles. The number of ether oxygens (including phenoxy) is 1. The minimum Gasteiger partial charge on any atom is -0.494 e. The molecule has 0 unspecified atom stereocenters. The number of carbonyl (C=O) groups excluding carboxylic acids is 1. The van der Waals surface area contributed by atoms with Crippen molar-refractivity contribution >= 4 is 22.7 Å². The van der Waals surface area contributed by atoms with Crippen molar-refractivity contribution in [2.75, 3.05) is 11.9 Å². The number of rotatable bonds is 4. The number of H-pyrrole nitrogens is 1. The number of benzene rings is 2. The van der Waals surface area contributed by atoms with Crippen molar-refractivity contribution in [3.63, 3.8) is 0 Å². The zero-order chi connectivity index (χ0) is 15.5. The van der Waals surface area contributed by atoms with E-state index in [0.29, 0.717) is 34.7 Å². The van der Waals surface area contributed by atoms with Gasteiger partial charge in [0.1, 0.15) is 11.3 Å². The highest BCUT2D eigenvalue weighted by molar-refractivity contribution is 6.07. The number of oxazole rings is 1. The highest BCUT2D eigenvalue weighted by Crippen LogP contribution is 2.21. The van der Waals surface area contributed by atoms with Crippen LogP contribution in [0, 0.1) is 0 Å². The van der Waals surface area contributed by atoms with E-state index in [1.165, 1.54) is 0 Å². The lowest BCUT2D eigenvalue weighted by Gasteiger charge is -2.08. The van der Waals surface area contributed by atoms with Crippen LogP contribution in [-0.2, 0) is 0 Å². The molecule has 1 amide bonds. The van der Waals surface area contributed by atoms with Crippen LogP contribution in [-0.4, -0.2) is 17.5 Å². The summed E-state index contributed by atoms with van der Waals surface area (Å²) in [5.41, 5.74) is 1.80. The fourth-order valence-electron chi connectivity index (χ4n) is 2.16. The van der Waals surface area contributed by atoms with Crippen LogP contribution in [0.4, 0.5) is 5.69 Å². The van der Waals surface area contributed by atoms with Crippen molar-refractivity contribution in [3.05, 3.63) is 58.6 Å². The predicted octanol–water partition coefficient (Wildman–Crippen LogP) is 2.77. The predicted molar refractivity (Wildman–Crippen MR) is 82.4 cm³/mol. The molecule has 6 heteroatoms. The molecule has 0 fully saturated rings. The van der Waals surface area contributed by atoms with E-state index in [-0.39, 0.29) is 5.91 Å². The summed E-state index contributed by atoms with van der Waals surface area (Å²) in [7, 11) is 0. The smallest absolute Gasteiger partial charge is 0.417 e. The largest absolute Gasteiger partial charge is 0.494 e. The Kier molecular flexibility index (Phi) is 3.65. The molecule has 6 nitrogen and oxygen atoms in total. The Morgan fingerprint density at radius 2 is 2.09 bits per heavy atom. The van der Waals surface area contributed by atoms with Crippen molar-refractivity contribution in [2.24, 2.45) is 0 Å². The Balaban J connectivity index is 1.90. The van der Waals surface area contributed by atoms with Crippen LogP contribution < -0.4 is 15.8 Å². The fraction of sp³-hybridized carbons (Fsp3) is 0.125. The van der Waals surface area contributed by atoms with E-state index in [4.69, 9.17) is 9.15 Å². The summed E-state index contributed by atoms with van der Waals surface area (Å²) in [6.45, 7) is 2.41. The van der Waals surface area contributed by atoms with Gasteiger partial charge in [0.15, 0.2) is 5.58 Å². The molecule has 2 aromatic carbocycles. The number of anilines is 1. The van der Waals surface area contributed by atoms with E-state index in [9.17, 15) is 9.59 Å². The number of fused-ring (bicyclic) bond motifs is 1. The van der Waals surface area contributed by atoms with Gasteiger partial charge < -0.3 is 14.5 Å². The van der Waals surface area contributed by atoms with Gasteiger partial charge in [-0.2, -0.15) is 0 Å². The fourth-order valence-corrected chi connectivity index (χ4v) is 2.16. The molecule has 0 radical (unpaired) electrons. The molecule has 0 saturated heterocycles. The third-order valence-corrected chi connectivity index (χ3v) is 3.11. The molecule has 112 valence electrons. The average molecular weight is 298 g/mol. The first-order chi connectivity index (χ1) is 10.7. The Morgan fingerprint density at radius 1 is 1.27 bits per heavy atom. The molecule has 0 bridgehead atoms. The molecule has 3 aromatic rings. The summed E-state index contributed by atoms with van der Waals surface area (Å²) in [6.07, 6.45) is 0. The normalized spacial score (nSPS) is 10.6. The zero-order valence-corrected chi connectivity index (χ0v) is 11.9.